The molecule has 0 aliphatic rings. The Hall–Kier alpha value is -3.42. The number of carboxylic acid groups (broad SMARTS) is 1. The van der Waals surface area contributed by atoms with E-state index in [1.807, 2.05) is 0 Å². The molecule has 0 unspecified atom stereocenters. The summed E-state index contributed by atoms with van der Waals surface area (Å²) in [6.45, 7) is 0. The third kappa shape index (κ3) is 2.35. The third-order valence-corrected chi connectivity index (χ3v) is 3.48. The first kappa shape index (κ1) is 14.5. The number of carboxylic acids is 1. The van der Waals surface area contributed by atoms with E-state index in [1.54, 1.807) is 12.1 Å². The van der Waals surface area contributed by atoms with E-state index >= 15 is 0 Å². The van der Waals surface area contributed by atoms with Gasteiger partial charge >= 0.3 is 5.97 Å². The average Bonchev–Trinajstić information content (AvgIpc) is 2.97. The number of aromatic amines is 1. The summed E-state index contributed by atoms with van der Waals surface area (Å²) < 4.78 is 5.21. The molecular weight excluding hydrogens is 302 g/mol. The lowest BCUT2D eigenvalue weighted by atomic mass is 10.0. The second-order valence-corrected chi connectivity index (χ2v) is 4.75. The van der Waals surface area contributed by atoms with Gasteiger partial charge in [-0.3, -0.25) is 15.2 Å². The number of hydrogen-bond acceptors (Lipinski definition) is 5. The second-order valence-electron chi connectivity index (χ2n) is 4.75. The summed E-state index contributed by atoms with van der Waals surface area (Å²) in [6, 6.07) is 8.99. The largest absolute Gasteiger partial charge is 0.496 e. The number of nitrogens with one attached hydrogen (secondary N) is 1. The number of nitro benzene ring substituents is 1. The van der Waals surface area contributed by atoms with Crippen molar-refractivity contribution in [1.82, 2.24) is 10.2 Å². The molecule has 0 fully saturated rings. The summed E-state index contributed by atoms with van der Waals surface area (Å²) in [4.78, 5) is 21.6. The molecule has 0 bridgehead atoms. The molecule has 3 aromatic rings. The Labute approximate surface area is 129 Å². The van der Waals surface area contributed by atoms with Crippen molar-refractivity contribution in [1.29, 1.82) is 0 Å². The Kier molecular flexibility index (Phi) is 3.41. The second kappa shape index (κ2) is 5.41. The van der Waals surface area contributed by atoms with Gasteiger partial charge in [-0.05, 0) is 12.1 Å². The van der Waals surface area contributed by atoms with Crippen molar-refractivity contribution in [2.75, 3.05) is 7.11 Å². The highest BCUT2D eigenvalue weighted by molar-refractivity contribution is 6.06. The van der Waals surface area contributed by atoms with Crippen LogP contribution in [0.3, 0.4) is 0 Å². The molecule has 0 aliphatic carbocycles. The molecule has 2 aromatic carbocycles. The van der Waals surface area contributed by atoms with Gasteiger partial charge < -0.3 is 9.84 Å². The Morgan fingerprint density at radius 1 is 1.35 bits per heavy atom. The number of aromatic nitrogens is 2. The van der Waals surface area contributed by atoms with E-state index in [2.05, 4.69) is 10.2 Å². The van der Waals surface area contributed by atoms with Crippen LogP contribution < -0.4 is 4.74 Å². The van der Waals surface area contributed by atoms with Crippen molar-refractivity contribution in [3.8, 4) is 17.0 Å². The number of aromatic carboxylic acids is 1. The van der Waals surface area contributed by atoms with Gasteiger partial charge in [-0.25, -0.2) is 4.79 Å². The van der Waals surface area contributed by atoms with Crippen LogP contribution >= 0.6 is 0 Å². The number of rotatable bonds is 4. The van der Waals surface area contributed by atoms with Gasteiger partial charge in [-0.1, -0.05) is 12.1 Å². The Bertz CT molecular complexity index is 932. The first-order valence-corrected chi connectivity index (χ1v) is 6.56. The van der Waals surface area contributed by atoms with Crippen molar-refractivity contribution < 1.29 is 19.6 Å². The Morgan fingerprint density at radius 3 is 2.78 bits per heavy atom. The van der Waals surface area contributed by atoms with Crippen molar-refractivity contribution in [3.05, 3.63) is 52.1 Å². The minimum absolute atomic E-state index is 0.0992. The predicted octanol–water partition coefficient (Wildman–Crippen LogP) is 2.84. The van der Waals surface area contributed by atoms with Crippen LogP contribution in [0.15, 0.2) is 36.4 Å². The molecule has 23 heavy (non-hydrogen) atoms. The number of carbonyl (C=O) groups is 1. The maximum atomic E-state index is 11.3. The van der Waals surface area contributed by atoms with Crippen LogP contribution in [0, 0.1) is 10.1 Å². The molecule has 3 rings (SSSR count). The SMILES string of the molecule is COc1cc([N+](=O)[O-])ccc1-c1n[nH]c2c(C(=O)O)cccc12. The topological polar surface area (TPSA) is 118 Å². The zero-order valence-corrected chi connectivity index (χ0v) is 11.9. The number of methoxy groups -OCH3 is 1. The van der Waals surface area contributed by atoms with Crippen molar-refractivity contribution in [2.45, 2.75) is 0 Å². The zero-order chi connectivity index (χ0) is 16.6. The molecule has 116 valence electrons. The monoisotopic (exact) mass is 313 g/mol. The zero-order valence-electron chi connectivity index (χ0n) is 11.9. The van der Waals surface area contributed by atoms with Gasteiger partial charge in [0.15, 0.2) is 0 Å². The van der Waals surface area contributed by atoms with Gasteiger partial charge in [0.05, 0.1) is 29.2 Å². The van der Waals surface area contributed by atoms with E-state index in [-0.39, 0.29) is 17.0 Å². The summed E-state index contributed by atoms with van der Waals surface area (Å²) in [6.07, 6.45) is 0. The molecule has 0 atom stereocenters. The lowest BCUT2D eigenvalue weighted by Crippen LogP contribution is -1.96. The fourth-order valence-corrected chi connectivity index (χ4v) is 2.41. The Balaban J connectivity index is 2.23. The van der Waals surface area contributed by atoms with E-state index in [1.165, 1.54) is 31.4 Å². The molecule has 0 saturated carbocycles. The summed E-state index contributed by atoms with van der Waals surface area (Å²) >= 11 is 0. The fourth-order valence-electron chi connectivity index (χ4n) is 2.41. The Morgan fingerprint density at radius 2 is 2.13 bits per heavy atom. The number of fused-ring (bicyclic) bond motifs is 1. The normalized spacial score (nSPS) is 10.7. The highest BCUT2D eigenvalue weighted by atomic mass is 16.6. The van der Waals surface area contributed by atoms with Crippen LogP contribution in [0.2, 0.25) is 0 Å². The van der Waals surface area contributed by atoms with Gasteiger partial charge in [0.2, 0.25) is 0 Å². The molecule has 8 heteroatoms. The van der Waals surface area contributed by atoms with Crippen molar-refractivity contribution in [3.63, 3.8) is 0 Å². The van der Waals surface area contributed by atoms with Crippen LogP contribution in [-0.4, -0.2) is 33.3 Å². The third-order valence-electron chi connectivity index (χ3n) is 3.48. The van der Waals surface area contributed by atoms with Crippen molar-refractivity contribution in [2.24, 2.45) is 0 Å². The van der Waals surface area contributed by atoms with Gasteiger partial charge in [0, 0.05) is 17.0 Å². The maximum Gasteiger partial charge on any atom is 0.337 e. The number of hydrogen-bond donors (Lipinski definition) is 2. The van der Waals surface area contributed by atoms with Gasteiger partial charge in [-0.2, -0.15) is 5.10 Å². The number of nitro groups is 1. The number of non-ortho nitro benzene ring substituents is 1. The molecule has 1 aromatic heterocycles. The highest BCUT2D eigenvalue weighted by Crippen LogP contribution is 2.36. The van der Waals surface area contributed by atoms with Crippen LogP contribution in [0.25, 0.3) is 22.2 Å². The lowest BCUT2D eigenvalue weighted by molar-refractivity contribution is -0.384. The molecule has 8 nitrogen and oxygen atoms in total. The predicted molar refractivity (Wildman–Crippen MR) is 81.7 cm³/mol. The summed E-state index contributed by atoms with van der Waals surface area (Å²) in [7, 11) is 1.40. The first-order chi connectivity index (χ1) is 11.0. The standard InChI is InChI=1S/C15H11N3O5/c1-23-12-7-8(18(21)22)5-6-9(12)13-10-3-2-4-11(15(19)20)14(10)17-16-13/h2-7H,1H3,(H,16,17)(H,19,20). The molecule has 0 saturated heterocycles. The number of H-pyrrole nitrogens is 1. The van der Waals surface area contributed by atoms with Gasteiger partial charge in [0.1, 0.15) is 11.4 Å². The molecule has 2 N–H and O–H groups in total. The minimum Gasteiger partial charge on any atom is -0.496 e. The number of para-hydroxylation sites is 1. The van der Waals surface area contributed by atoms with Crippen LogP contribution in [-0.2, 0) is 0 Å². The number of ether oxygens (including phenoxy) is 1. The first-order valence-electron chi connectivity index (χ1n) is 6.56. The van der Waals surface area contributed by atoms with Crippen LogP contribution in [0.5, 0.6) is 5.75 Å². The highest BCUT2D eigenvalue weighted by Gasteiger charge is 2.19. The molecule has 0 aliphatic heterocycles. The van der Waals surface area contributed by atoms with Crippen molar-refractivity contribution >= 4 is 22.6 Å². The molecule has 0 radical (unpaired) electrons. The summed E-state index contributed by atoms with van der Waals surface area (Å²) in [5.74, 6) is -0.783. The van der Waals surface area contributed by atoms with E-state index in [0.717, 1.165) is 0 Å². The quantitative estimate of drug-likeness (QED) is 0.564. The summed E-state index contributed by atoms with van der Waals surface area (Å²) in [5.41, 5.74) is 1.39. The van der Waals surface area contributed by atoms with Crippen LogP contribution in [0.4, 0.5) is 5.69 Å². The smallest absolute Gasteiger partial charge is 0.337 e. The van der Waals surface area contributed by atoms with E-state index in [9.17, 15) is 20.0 Å². The molecular formula is C15H11N3O5. The van der Waals surface area contributed by atoms with E-state index in [4.69, 9.17) is 4.74 Å². The molecule has 0 amide bonds. The van der Waals surface area contributed by atoms with Gasteiger partial charge in [-0.15, -0.1) is 0 Å². The lowest BCUT2D eigenvalue weighted by Gasteiger charge is -2.06. The number of nitrogens with zero attached hydrogens (tertiary/aromatic N) is 2. The minimum atomic E-state index is -1.07. The van der Waals surface area contributed by atoms with E-state index < -0.39 is 10.9 Å². The van der Waals surface area contributed by atoms with E-state index in [0.29, 0.717) is 22.2 Å². The summed E-state index contributed by atoms with van der Waals surface area (Å²) in [5, 5.41) is 27.5. The molecule has 0 spiro atoms. The fraction of sp³-hybridized carbons (Fsp3) is 0.0667. The van der Waals surface area contributed by atoms with Gasteiger partial charge in [0.25, 0.3) is 5.69 Å². The number of benzene rings is 2. The molecule has 1 heterocycles. The van der Waals surface area contributed by atoms with Crippen LogP contribution in [0.1, 0.15) is 10.4 Å². The average molecular weight is 313 g/mol. The maximum absolute atomic E-state index is 11.3.